The second kappa shape index (κ2) is 11.3. The van der Waals surface area contributed by atoms with E-state index in [4.69, 9.17) is 22.0 Å². The predicted molar refractivity (Wildman–Crippen MR) is 83.2 cm³/mol. The zero-order chi connectivity index (χ0) is 17.0. The average Bonchev–Trinajstić information content (AvgIpc) is 2.52. The lowest BCUT2D eigenvalue weighted by Crippen LogP contribution is -2.28. The first-order valence-electron chi connectivity index (χ1n) is 6.61. The molecule has 0 aliphatic heterocycles. The molecule has 0 heterocycles. The molecule has 0 aliphatic carbocycles. The Labute approximate surface area is 133 Å². The van der Waals surface area contributed by atoms with Gasteiger partial charge in [0.2, 0.25) is 0 Å². The third-order valence-electron chi connectivity index (χ3n) is 2.50. The van der Waals surface area contributed by atoms with Crippen molar-refractivity contribution in [3.8, 4) is 0 Å². The number of hydrogen-bond acceptors (Lipinski definition) is 7. The Hall–Kier alpha value is -1.29. The lowest BCUT2D eigenvalue weighted by atomic mass is 10.4. The lowest BCUT2D eigenvalue weighted by molar-refractivity contribution is -0.139. The number of hydrogen-bond donors (Lipinski definition) is 1. The van der Waals surface area contributed by atoms with E-state index in [-0.39, 0.29) is 13.2 Å². The van der Waals surface area contributed by atoms with E-state index in [1.54, 1.807) is 0 Å². The van der Waals surface area contributed by atoms with E-state index < -0.39 is 22.9 Å². The average molecular weight is 339 g/mol. The quantitative estimate of drug-likeness (QED) is 0.348. The Morgan fingerprint density at radius 1 is 1.05 bits per heavy atom. The molecule has 0 fully saturated rings. The standard InChI is InChI=1S/C13H25NO7S/c1-11(2)12(15)20-8-9-21-13(16)14-7-6-10-22(17-3,18-4)19-5/h1,6-10H2,2-5H3,(H,14,16). The third-order valence-corrected chi connectivity index (χ3v) is 4.81. The van der Waals surface area contributed by atoms with Gasteiger partial charge in [0.05, 0.1) is 32.2 Å². The second-order valence-corrected chi connectivity index (χ2v) is 6.62. The zero-order valence-corrected chi connectivity index (χ0v) is 14.3. The molecule has 22 heavy (non-hydrogen) atoms. The highest BCUT2D eigenvalue weighted by Gasteiger charge is 2.22. The summed E-state index contributed by atoms with van der Waals surface area (Å²) in [5.74, 6) is 0.00882. The fourth-order valence-electron chi connectivity index (χ4n) is 1.34. The lowest BCUT2D eigenvalue weighted by Gasteiger charge is -2.33. The molecule has 8 nitrogen and oxygen atoms in total. The van der Waals surface area contributed by atoms with Gasteiger partial charge < -0.3 is 14.8 Å². The molecule has 0 saturated carbocycles. The minimum Gasteiger partial charge on any atom is -0.459 e. The molecule has 0 unspecified atom stereocenters. The van der Waals surface area contributed by atoms with Gasteiger partial charge in [0.1, 0.15) is 13.2 Å². The van der Waals surface area contributed by atoms with Crippen LogP contribution < -0.4 is 5.32 Å². The van der Waals surface area contributed by atoms with Gasteiger partial charge in [0, 0.05) is 17.9 Å². The Morgan fingerprint density at radius 2 is 1.59 bits per heavy atom. The van der Waals surface area contributed by atoms with Crippen molar-refractivity contribution in [3.05, 3.63) is 12.2 Å². The summed E-state index contributed by atoms with van der Waals surface area (Å²) in [5, 5.41) is 2.57. The minimum atomic E-state index is -2.00. The summed E-state index contributed by atoms with van der Waals surface area (Å²) < 4.78 is 25.2. The van der Waals surface area contributed by atoms with Gasteiger partial charge in [-0.2, -0.15) is 0 Å². The molecule has 0 bridgehead atoms. The van der Waals surface area contributed by atoms with Crippen molar-refractivity contribution >= 4 is 22.9 Å². The van der Waals surface area contributed by atoms with Crippen LogP contribution in [0, 0.1) is 0 Å². The minimum absolute atomic E-state index is 0.0105. The first-order valence-corrected chi connectivity index (χ1v) is 8.19. The largest absolute Gasteiger partial charge is 0.459 e. The van der Waals surface area contributed by atoms with Gasteiger partial charge in [0.15, 0.2) is 0 Å². The number of rotatable bonds is 11. The first kappa shape index (κ1) is 20.7. The van der Waals surface area contributed by atoms with Crippen LogP contribution in [0.1, 0.15) is 13.3 Å². The van der Waals surface area contributed by atoms with E-state index >= 15 is 0 Å². The van der Waals surface area contributed by atoms with E-state index in [0.29, 0.717) is 24.3 Å². The van der Waals surface area contributed by atoms with E-state index in [1.807, 2.05) is 0 Å². The number of amides is 1. The summed E-state index contributed by atoms with van der Waals surface area (Å²) in [6.45, 7) is 5.33. The van der Waals surface area contributed by atoms with Crippen molar-refractivity contribution in [1.29, 1.82) is 0 Å². The number of carbonyl (C=O) groups excluding carboxylic acids is 2. The Bertz CT molecular complexity index is 363. The highest BCUT2D eigenvalue weighted by Crippen LogP contribution is 2.49. The molecule has 0 spiro atoms. The van der Waals surface area contributed by atoms with Crippen LogP contribution in [0.25, 0.3) is 0 Å². The van der Waals surface area contributed by atoms with Crippen LogP contribution in [-0.2, 0) is 26.8 Å². The first-order chi connectivity index (χ1) is 10.4. The third kappa shape index (κ3) is 8.23. The number of nitrogens with one attached hydrogen (secondary N) is 1. The van der Waals surface area contributed by atoms with Gasteiger partial charge in [-0.1, -0.05) is 6.58 Å². The maximum Gasteiger partial charge on any atom is 0.407 e. The molecular weight excluding hydrogens is 314 g/mol. The normalized spacial score (nSPS) is 11.6. The van der Waals surface area contributed by atoms with Crippen molar-refractivity contribution in [2.75, 3.05) is 46.8 Å². The zero-order valence-electron chi connectivity index (χ0n) is 13.5. The molecule has 0 radical (unpaired) electrons. The molecule has 0 saturated heterocycles. The summed E-state index contributed by atoms with van der Waals surface area (Å²) in [5.41, 5.74) is 0.296. The SMILES string of the molecule is C=C(C)C(=O)OCCOC(=O)NCCCS(OC)(OC)OC. The van der Waals surface area contributed by atoms with Crippen molar-refractivity contribution in [2.24, 2.45) is 0 Å². The fraction of sp³-hybridized carbons (Fsp3) is 0.692. The van der Waals surface area contributed by atoms with Crippen LogP contribution in [0.4, 0.5) is 4.79 Å². The second-order valence-electron chi connectivity index (χ2n) is 4.09. The number of ether oxygens (including phenoxy) is 2. The summed E-state index contributed by atoms with van der Waals surface area (Å²) in [4.78, 5) is 22.4. The van der Waals surface area contributed by atoms with Gasteiger partial charge in [-0.25, -0.2) is 9.59 Å². The molecule has 0 aromatic rings. The fourth-order valence-corrected chi connectivity index (χ4v) is 2.74. The van der Waals surface area contributed by atoms with E-state index in [1.165, 1.54) is 28.3 Å². The Kier molecular flexibility index (Phi) is 10.6. The Balaban J connectivity index is 3.74. The summed E-state index contributed by atoms with van der Waals surface area (Å²) in [6.07, 6.45) is 0.0177. The smallest absolute Gasteiger partial charge is 0.407 e. The highest BCUT2D eigenvalue weighted by atomic mass is 32.3. The van der Waals surface area contributed by atoms with Crippen molar-refractivity contribution in [1.82, 2.24) is 5.32 Å². The van der Waals surface area contributed by atoms with Crippen molar-refractivity contribution in [2.45, 2.75) is 13.3 Å². The molecule has 0 aromatic carbocycles. The number of alkyl carbamates (subject to hydrolysis) is 1. The maximum atomic E-state index is 11.4. The molecule has 9 heteroatoms. The van der Waals surface area contributed by atoms with Crippen molar-refractivity contribution < 1.29 is 31.6 Å². The maximum absolute atomic E-state index is 11.4. The van der Waals surface area contributed by atoms with Gasteiger partial charge >= 0.3 is 12.1 Å². The van der Waals surface area contributed by atoms with E-state index in [0.717, 1.165) is 0 Å². The summed E-state index contributed by atoms with van der Waals surface area (Å²) in [6, 6.07) is 0. The summed E-state index contributed by atoms with van der Waals surface area (Å²) >= 11 is 0. The molecule has 1 N–H and O–H groups in total. The van der Waals surface area contributed by atoms with Gasteiger partial charge in [0.25, 0.3) is 0 Å². The molecular formula is C13H25NO7S. The predicted octanol–water partition coefficient (Wildman–Crippen LogP) is 1.71. The monoisotopic (exact) mass is 339 g/mol. The van der Waals surface area contributed by atoms with Gasteiger partial charge in [-0.05, 0) is 13.3 Å². The van der Waals surface area contributed by atoms with E-state index in [9.17, 15) is 9.59 Å². The van der Waals surface area contributed by atoms with Crippen molar-refractivity contribution in [3.63, 3.8) is 0 Å². The van der Waals surface area contributed by atoms with Crippen LogP contribution in [0.2, 0.25) is 0 Å². The highest BCUT2D eigenvalue weighted by molar-refractivity contribution is 8.21. The van der Waals surface area contributed by atoms with Crippen LogP contribution in [0.15, 0.2) is 12.2 Å². The van der Waals surface area contributed by atoms with Gasteiger partial charge in [-0.3, -0.25) is 12.5 Å². The molecule has 0 rings (SSSR count). The van der Waals surface area contributed by atoms with Gasteiger partial charge in [-0.15, -0.1) is 0 Å². The van der Waals surface area contributed by atoms with Crippen LogP contribution in [0.3, 0.4) is 0 Å². The van der Waals surface area contributed by atoms with Crippen LogP contribution in [0.5, 0.6) is 0 Å². The molecule has 0 atom stereocenters. The molecule has 130 valence electrons. The topological polar surface area (TPSA) is 92.3 Å². The molecule has 0 aromatic heterocycles. The Morgan fingerprint density at radius 3 is 2.09 bits per heavy atom. The molecule has 1 amide bonds. The van der Waals surface area contributed by atoms with Crippen LogP contribution >= 0.6 is 10.9 Å². The number of carbonyl (C=O) groups is 2. The summed E-state index contributed by atoms with van der Waals surface area (Å²) in [7, 11) is 2.53. The molecule has 0 aliphatic rings. The van der Waals surface area contributed by atoms with E-state index in [2.05, 4.69) is 11.9 Å². The number of esters is 1. The van der Waals surface area contributed by atoms with Crippen LogP contribution in [-0.4, -0.2) is 58.9 Å².